The number of rotatable bonds is 7. The maximum atomic E-state index is 12.7. The van der Waals surface area contributed by atoms with Crippen LogP contribution in [0.5, 0.6) is 0 Å². The van der Waals surface area contributed by atoms with Crippen molar-refractivity contribution in [2.45, 2.75) is 31.7 Å². The highest BCUT2D eigenvalue weighted by atomic mass is 32.2. The first-order valence-corrected chi connectivity index (χ1v) is 10.8. The highest BCUT2D eigenvalue weighted by molar-refractivity contribution is 7.89. The van der Waals surface area contributed by atoms with Crippen LogP contribution in [0.4, 0.5) is 5.69 Å². The van der Waals surface area contributed by atoms with E-state index in [-0.39, 0.29) is 23.1 Å². The van der Waals surface area contributed by atoms with Gasteiger partial charge in [0, 0.05) is 12.7 Å². The minimum atomic E-state index is -3.65. The molecule has 1 aromatic heterocycles. The van der Waals surface area contributed by atoms with E-state index in [1.54, 1.807) is 30.3 Å². The summed E-state index contributed by atoms with van der Waals surface area (Å²) in [5.41, 5.74) is 2.84. The molecule has 1 amide bonds. The molecule has 3 rings (SSSR count). The lowest BCUT2D eigenvalue weighted by Crippen LogP contribution is -2.26. The zero-order valence-electron chi connectivity index (χ0n) is 16.7. The van der Waals surface area contributed by atoms with Crippen molar-refractivity contribution in [1.29, 1.82) is 0 Å². The number of benzene rings is 2. The van der Waals surface area contributed by atoms with Crippen molar-refractivity contribution in [2.75, 3.05) is 12.4 Å². The normalized spacial score (nSPS) is 11.6. The molecule has 0 atom stereocenters. The SMILES string of the molecule is CCc1ccc(NC(=O)c2ccc(CN(C)S(=O)(=O)c3ccc(C)cc3)o2)cc1. The lowest BCUT2D eigenvalue weighted by Gasteiger charge is -2.16. The second-order valence-corrected chi connectivity index (χ2v) is 8.89. The standard InChI is InChI=1S/C22H24N2O4S/c1-4-17-7-9-18(10-8-17)23-22(25)21-14-11-19(28-21)15-24(3)29(26,27)20-12-5-16(2)6-13-20/h5-14H,4,15H2,1-3H3,(H,23,25). The van der Waals surface area contributed by atoms with Gasteiger partial charge in [-0.15, -0.1) is 0 Å². The molecular weight excluding hydrogens is 388 g/mol. The fraction of sp³-hybridized carbons (Fsp3) is 0.227. The van der Waals surface area contributed by atoms with E-state index in [0.717, 1.165) is 12.0 Å². The topological polar surface area (TPSA) is 79.6 Å². The summed E-state index contributed by atoms with van der Waals surface area (Å²) >= 11 is 0. The quantitative estimate of drug-likeness (QED) is 0.630. The summed E-state index contributed by atoms with van der Waals surface area (Å²) in [5, 5.41) is 2.77. The molecule has 0 saturated carbocycles. The van der Waals surface area contributed by atoms with E-state index >= 15 is 0 Å². The Labute approximate surface area is 171 Å². The second kappa shape index (κ2) is 8.63. The van der Waals surface area contributed by atoms with Gasteiger partial charge in [0.05, 0.1) is 11.4 Å². The van der Waals surface area contributed by atoms with Crippen molar-refractivity contribution < 1.29 is 17.6 Å². The van der Waals surface area contributed by atoms with Gasteiger partial charge in [-0.25, -0.2) is 8.42 Å². The molecular formula is C22H24N2O4S. The summed E-state index contributed by atoms with van der Waals surface area (Å²) in [4.78, 5) is 12.6. The predicted octanol–water partition coefficient (Wildman–Crippen LogP) is 4.22. The Morgan fingerprint density at radius 3 is 2.28 bits per heavy atom. The van der Waals surface area contributed by atoms with Crippen LogP contribution >= 0.6 is 0 Å². The molecule has 0 aliphatic heterocycles. The third kappa shape index (κ3) is 4.93. The van der Waals surface area contributed by atoms with E-state index in [4.69, 9.17) is 4.42 Å². The van der Waals surface area contributed by atoms with Crippen molar-refractivity contribution in [2.24, 2.45) is 0 Å². The van der Waals surface area contributed by atoms with Crippen molar-refractivity contribution in [3.05, 3.63) is 83.3 Å². The lowest BCUT2D eigenvalue weighted by atomic mass is 10.1. The van der Waals surface area contributed by atoms with Gasteiger partial charge in [0.2, 0.25) is 10.0 Å². The largest absolute Gasteiger partial charge is 0.455 e. The summed E-state index contributed by atoms with van der Waals surface area (Å²) < 4.78 is 32.1. The van der Waals surface area contributed by atoms with Crippen LogP contribution in [-0.4, -0.2) is 25.7 Å². The fourth-order valence-corrected chi connectivity index (χ4v) is 3.93. The monoisotopic (exact) mass is 412 g/mol. The summed E-state index contributed by atoms with van der Waals surface area (Å²) in [5.74, 6) is 0.125. The number of nitrogens with zero attached hydrogens (tertiary/aromatic N) is 1. The van der Waals surface area contributed by atoms with Crippen LogP contribution in [0.15, 0.2) is 70.0 Å². The Morgan fingerprint density at radius 1 is 1.00 bits per heavy atom. The van der Waals surface area contributed by atoms with E-state index in [1.165, 1.54) is 23.0 Å². The average molecular weight is 413 g/mol. The van der Waals surface area contributed by atoms with Crippen LogP contribution in [-0.2, 0) is 23.0 Å². The van der Waals surface area contributed by atoms with Crippen molar-refractivity contribution in [1.82, 2.24) is 4.31 Å². The fourth-order valence-electron chi connectivity index (χ4n) is 2.80. The Morgan fingerprint density at radius 2 is 1.66 bits per heavy atom. The Kier molecular flexibility index (Phi) is 6.20. The predicted molar refractivity (Wildman–Crippen MR) is 112 cm³/mol. The maximum absolute atomic E-state index is 12.7. The number of sulfonamides is 1. The number of amides is 1. The average Bonchev–Trinajstić information content (AvgIpc) is 3.17. The van der Waals surface area contributed by atoms with Crippen LogP contribution in [0.3, 0.4) is 0 Å². The first kappa shape index (κ1) is 20.8. The number of hydrogen-bond donors (Lipinski definition) is 1. The minimum Gasteiger partial charge on any atom is -0.455 e. The molecule has 0 radical (unpaired) electrons. The van der Waals surface area contributed by atoms with E-state index in [1.807, 2.05) is 31.2 Å². The minimum absolute atomic E-state index is 0.0225. The molecule has 0 aliphatic rings. The molecule has 0 aliphatic carbocycles. The number of aryl methyl sites for hydroxylation is 2. The van der Waals surface area contributed by atoms with Crippen LogP contribution in [0.1, 0.15) is 34.4 Å². The molecule has 0 unspecified atom stereocenters. The maximum Gasteiger partial charge on any atom is 0.291 e. The summed E-state index contributed by atoms with van der Waals surface area (Å²) in [6, 6.07) is 17.4. The van der Waals surface area contributed by atoms with E-state index in [9.17, 15) is 13.2 Å². The summed E-state index contributed by atoms with van der Waals surface area (Å²) in [6.07, 6.45) is 0.925. The van der Waals surface area contributed by atoms with Gasteiger partial charge in [0.1, 0.15) is 5.76 Å². The number of carbonyl (C=O) groups excluding carboxylic acids is 1. The third-order valence-electron chi connectivity index (χ3n) is 4.61. The lowest BCUT2D eigenvalue weighted by molar-refractivity contribution is 0.0994. The van der Waals surface area contributed by atoms with Gasteiger partial charge in [0.25, 0.3) is 5.91 Å². The third-order valence-corrected chi connectivity index (χ3v) is 6.43. The molecule has 3 aromatic rings. The number of anilines is 1. The molecule has 2 aromatic carbocycles. The second-order valence-electron chi connectivity index (χ2n) is 6.84. The molecule has 0 spiro atoms. The van der Waals surface area contributed by atoms with Gasteiger partial charge >= 0.3 is 0 Å². The molecule has 7 heteroatoms. The first-order chi connectivity index (χ1) is 13.8. The summed E-state index contributed by atoms with van der Waals surface area (Å²) in [7, 11) is -2.17. The van der Waals surface area contributed by atoms with Crippen molar-refractivity contribution >= 4 is 21.6 Å². The summed E-state index contributed by atoms with van der Waals surface area (Å²) in [6.45, 7) is 3.98. The van der Waals surface area contributed by atoms with Gasteiger partial charge < -0.3 is 9.73 Å². The molecule has 0 bridgehead atoms. The Balaban J connectivity index is 1.67. The van der Waals surface area contributed by atoms with Crippen LogP contribution in [0.2, 0.25) is 0 Å². The smallest absolute Gasteiger partial charge is 0.291 e. The van der Waals surface area contributed by atoms with Gasteiger partial charge in [-0.1, -0.05) is 36.8 Å². The zero-order chi connectivity index (χ0) is 21.0. The Bertz CT molecular complexity index is 1080. The van der Waals surface area contributed by atoms with Crippen LogP contribution in [0.25, 0.3) is 0 Å². The van der Waals surface area contributed by atoms with Crippen LogP contribution in [0, 0.1) is 6.92 Å². The molecule has 1 N–H and O–H groups in total. The molecule has 29 heavy (non-hydrogen) atoms. The number of carbonyl (C=O) groups is 1. The molecule has 152 valence electrons. The van der Waals surface area contributed by atoms with Crippen molar-refractivity contribution in [3.63, 3.8) is 0 Å². The number of hydrogen-bond acceptors (Lipinski definition) is 4. The highest BCUT2D eigenvalue weighted by Crippen LogP contribution is 2.19. The first-order valence-electron chi connectivity index (χ1n) is 9.31. The highest BCUT2D eigenvalue weighted by Gasteiger charge is 2.22. The molecule has 6 nitrogen and oxygen atoms in total. The van der Waals surface area contributed by atoms with Crippen LogP contribution < -0.4 is 5.32 Å². The molecule has 0 saturated heterocycles. The molecule has 0 fully saturated rings. The van der Waals surface area contributed by atoms with E-state index in [2.05, 4.69) is 12.2 Å². The van der Waals surface area contributed by atoms with Gasteiger partial charge in [0.15, 0.2) is 5.76 Å². The van der Waals surface area contributed by atoms with Crippen molar-refractivity contribution in [3.8, 4) is 0 Å². The Hall–Kier alpha value is -2.90. The number of furan rings is 1. The van der Waals surface area contributed by atoms with Gasteiger partial charge in [-0.3, -0.25) is 4.79 Å². The number of nitrogens with one attached hydrogen (secondary N) is 1. The zero-order valence-corrected chi connectivity index (χ0v) is 17.5. The van der Waals surface area contributed by atoms with E-state index < -0.39 is 10.0 Å². The molecule has 1 heterocycles. The van der Waals surface area contributed by atoms with E-state index in [0.29, 0.717) is 11.4 Å². The van der Waals surface area contributed by atoms with Gasteiger partial charge in [-0.05, 0) is 55.3 Å². The van der Waals surface area contributed by atoms with Gasteiger partial charge in [-0.2, -0.15) is 4.31 Å².